The predicted octanol–water partition coefficient (Wildman–Crippen LogP) is 2.65. The summed E-state index contributed by atoms with van der Waals surface area (Å²) >= 11 is 0. The average molecular weight is 403 g/mol. The third-order valence-corrected chi connectivity index (χ3v) is 6.36. The van der Waals surface area contributed by atoms with E-state index in [9.17, 15) is 14.7 Å². The summed E-state index contributed by atoms with van der Waals surface area (Å²) in [6, 6.07) is 18.2. The lowest BCUT2D eigenvalue weighted by molar-refractivity contribution is -0.143. The van der Waals surface area contributed by atoms with Gasteiger partial charge in [-0.15, -0.1) is 0 Å². The number of amides is 2. The minimum atomic E-state index is -1.14. The smallest absolute Gasteiger partial charge is 0.254 e. The highest BCUT2D eigenvalue weighted by atomic mass is 16.3. The van der Waals surface area contributed by atoms with Crippen LogP contribution in [-0.2, 0) is 11.8 Å². The first-order chi connectivity index (χ1) is 14.5. The fourth-order valence-electron chi connectivity index (χ4n) is 4.27. The maximum absolute atomic E-state index is 12.9. The lowest BCUT2D eigenvalue weighted by Crippen LogP contribution is -2.53. The summed E-state index contributed by atoms with van der Waals surface area (Å²) in [4.78, 5) is 28.6. The molecule has 2 aliphatic rings. The van der Waals surface area contributed by atoms with Crippen molar-refractivity contribution in [2.75, 3.05) is 26.2 Å². The SMILES string of the molecule is Cn1c(-c2ccc(C(=O)N3CCN(C(=O)C4(O)CC4)CC3)cc2)cc2ccccc21. The second-order valence-corrected chi connectivity index (χ2v) is 8.34. The van der Waals surface area contributed by atoms with Crippen LogP contribution in [-0.4, -0.2) is 63.1 Å². The minimum Gasteiger partial charge on any atom is -0.380 e. The number of carbonyl (C=O) groups is 2. The maximum Gasteiger partial charge on any atom is 0.254 e. The van der Waals surface area contributed by atoms with Crippen LogP contribution in [0.3, 0.4) is 0 Å². The molecule has 2 heterocycles. The Kier molecular flexibility index (Phi) is 4.40. The number of nitrogens with zero attached hydrogens (tertiary/aromatic N) is 3. The molecule has 2 amide bonds. The molecule has 6 nitrogen and oxygen atoms in total. The van der Waals surface area contributed by atoms with E-state index in [0.717, 1.165) is 11.3 Å². The molecule has 30 heavy (non-hydrogen) atoms. The van der Waals surface area contributed by atoms with Crippen molar-refractivity contribution >= 4 is 22.7 Å². The Morgan fingerprint density at radius 1 is 0.900 bits per heavy atom. The van der Waals surface area contributed by atoms with Crippen LogP contribution in [0, 0.1) is 0 Å². The number of carbonyl (C=O) groups excluding carboxylic acids is 2. The first-order valence-corrected chi connectivity index (χ1v) is 10.4. The highest BCUT2D eigenvalue weighted by Crippen LogP contribution is 2.37. The normalized spacial score (nSPS) is 17.9. The molecule has 1 aromatic heterocycles. The van der Waals surface area contributed by atoms with Gasteiger partial charge in [-0.05, 0) is 42.7 Å². The van der Waals surface area contributed by atoms with E-state index in [-0.39, 0.29) is 11.8 Å². The van der Waals surface area contributed by atoms with E-state index in [2.05, 4.69) is 29.8 Å². The van der Waals surface area contributed by atoms with Gasteiger partial charge < -0.3 is 19.5 Å². The number of rotatable bonds is 3. The minimum absolute atomic E-state index is 0.0178. The van der Waals surface area contributed by atoms with Gasteiger partial charge in [0.25, 0.3) is 11.8 Å². The largest absolute Gasteiger partial charge is 0.380 e. The summed E-state index contributed by atoms with van der Waals surface area (Å²) in [6.07, 6.45) is 1.10. The zero-order valence-corrected chi connectivity index (χ0v) is 17.0. The first-order valence-electron chi connectivity index (χ1n) is 10.4. The van der Waals surface area contributed by atoms with Crippen molar-refractivity contribution in [3.8, 4) is 11.3 Å². The third-order valence-electron chi connectivity index (χ3n) is 6.36. The molecular weight excluding hydrogens is 378 g/mol. The topological polar surface area (TPSA) is 65.8 Å². The monoisotopic (exact) mass is 403 g/mol. The molecule has 1 aliphatic heterocycles. The maximum atomic E-state index is 12.9. The Labute approximate surface area is 175 Å². The number of hydrogen-bond donors (Lipinski definition) is 1. The Balaban J connectivity index is 1.28. The second-order valence-electron chi connectivity index (χ2n) is 8.34. The van der Waals surface area contributed by atoms with Gasteiger partial charge in [0, 0.05) is 55.4 Å². The summed E-state index contributed by atoms with van der Waals surface area (Å²) in [5.41, 5.74) is 2.87. The van der Waals surface area contributed by atoms with Gasteiger partial charge in [-0.1, -0.05) is 30.3 Å². The third kappa shape index (κ3) is 3.17. The van der Waals surface area contributed by atoms with E-state index in [4.69, 9.17) is 0 Å². The van der Waals surface area contributed by atoms with E-state index in [0.29, 0.717) is 44.6 Å². The molecule has 1 N–H and O–H groups in total. The molecule has 1 saturated heterocycles. The van der Waals surface area contributed by atoms with Crippen LogP contribution >= 0.6 is 0 Å². The number of hydrogen-bond acceptors (Lipinski definition) is 3. The molecule has 1 saturated carbocycles. The standard InChI is InChI=1S/C24H25N3O3/c1-25-20-5-3-2-4-19(20)16-21(25)17-6-8-18(9-7-17)22(28)26-12-14-27(15-13-26)23(29)24(30)10-11-24/h2-9,16,30H,10-15H2,1H3. The molecule has 0 bridgehead atoms. The van der Waals surface area contributed by atoms with Crippen molar-refractivity contribution in [2.45, 2.75) is 18.4 Å². The number of para-hydroxylation sites is 1. The molecular formula is C24H25N3O3. The Hall–Kier alpha value is -3.12. The second kappa shape index (κ2) is 6.99. The number of aryl methyl sites for hydroxylation is 1. The van der Waals surface area contributed by atoms with Crippen molar-refractivity contribution in [3.05, 3.63) is 60.2 Å². The van der Waals surface area contributed by atoms with E-state index in [1.54, 1.807) is 9.80 Å². The van der Waals surface area contributed by atoms with Crippen LogP contribution in [0.25, 0.3) is 22.2 Å². The number of fused-ring (bicyclic) bond motifs is 1. The quantitative estimate of drug-likeness (QED) is 0.731. The van der Waals surface area contributed by atoms with Gasteiger partial charge in [0.05, 0.1) is 0 Å². The van der Waals surface area contributed by atoms with Crippen molar-refractivity contribution in [1.82, 2.24) is 14.4 Å². The Bertz CT molecular complexity index is 1120. The number of aliphatic hydroxyl groups is 1. The van der Waals surface area contributed by atoms with Gasteiger partial charge >= 0.3 is 0 Å². The number of piperazine rings is 1. The summed E-state index contributed by atoms with van der Waals surface area (Å²) in [5.74, 6) is -0.204. The van der Waals surface area contributed by atoms with Crippen LogP contribution in [0.1, 0.15) is 23.2 Å². The molecule has 2 fully saturated rings. The van der Waals surface area contributed by atoms with Crippen molar-refractivity contribution in [2.24, 2.45) is 7.05 Å². The van der Waals surface area contributed by atoms with Crippen LogP contribution in [0.5, 0.6) is 0 Å². The first kappa shape index (κ1) is 18.9. The van der Waals surface area contributed by atoms with Gasteiger partial charge in [-0.25, -0.2) is 0 Å². The van der Waals surface area contributed by atoms with Crippen LogP contribution in [0.2, 0.25) is 0 Å². The fourth-order valence-corrected chi connectivity index (χ4v) is 4.27. The van der Waals surface area contributed by atoms with Gasteiger partial charge in [0.1, 0.15) is 5.60 Å². The highest BCUT2D eigenvalue weighted by Gasteiger charge is 2.50. The molecule has 2 aromatic carbocycles. The number of benzene rings is 2. The Morgan fingerprint density at radius 2 is 1.53 bits per heavy atom. The lowest BCUT2D eigenvalue weighted by Gasteiger charge is -2.35. The molecule has 0 spiro atoms. The molecule has 1 aliphatic carbocycles. The van der Waals surface area contributed by atoms with Gasteiger partial charge in [0.2, 0.25) is 0 Å². The highest BCUT2D eigenvalue weighted by molar-refractivity contribution is 5.95. The van der Waals surface area contributed by atoms with Gasteiger partial charge in [-0.2, -0.15) is 0 Å². The van der Waals surface area contributed by atoms with E-state index >= 15 is 0 Å². The predicted molar refractivity (Wildman–Crippen MR) is 115 cm³/mol. The van der Waals surface area contributed by atoms with E-state index < -0.39 is 5.60 Å². The van der Waals surface area contributed by atoms with Gasteiger partial charge in [0.15, 0.2) is 0 Å². The molecule has 154 valence electrons. The summed E-state index contributed by atoms with van der Waals surface area (Å²) in [7, 11) is 2.05. The lowest BCUT2D eigenvalue weighted by atomic mass is 10.1. The molecule has 5 rings (SSSR count). The van der Waals surface area contributed by atoms with Crippen LogP contribution in [0.15, 0.2) is 54.6 Å². The molecule has 3 aromatic rings. The summed E-state index contributed by atoms with van der Waals surface area (Å²) in [5, 5.41) is 11.2. The Morgan fingerprint density at radius 3 is 2.17 bits per heavy atom. The zero-order valence-electron chi connectivity index (χ0n) is 17.0. The van der Waals surface area contributed by atoms with Crippen molar-refractivity contribution < 1.29 is 14.7 Å². The van der Waals surface area contributed by atoms with Crippen LogP contribution in [0.4, 0.5) is 0 Å². The summed E-state index contributed by atoms with van der Waals surface area (Å²) < 4.78 is 2.16. The molecule has 0 unspecified atom stereocenters. The van der Waals surface area contributed by atoms with E-state index in [1.165, 1.54) is 10.9 Å². The summed E-state index contributed by atoms with van der Waals surface area (Å²) in [6.45, 7) is 1.93. The van der Waals surface area contributed by atoms with Crippen LogP contribution < -0.4 is 0 Å². The number of aromatic nitrogens is 1. The average Bonchev–Trinajstić information content (AvgIpc) is 3.46. The molecule has 0 atom stereocenters. The zero-order chi connectivity index (χ0) is 20.9. The molecule has 6 heteroatoms. The molecule has 0 radical (unpaired) electrons. The fraction of sp³-hybridized carbons (Fsp3) is 0.333. The van der Waals surface area contributed by atoms with Crippen molar-refractivity contribution in [3.63, 3.8) is 0 Å². The van der Waals surface area contributed by atoms with Gasteiger partial charge in [-0.3, -0.25) is 9.59 Å². The van der Waals surface area contributed by atoms with Crippen molar-refractivity contribution in [1.29, 1.82) is 0 Å². The van der Waals surface area contributed by atoms with E-state index in [1.807, 2.05) is 36.4 Å².